The van der Waals surface area contributed by atoms with Gasteiger partial charge in [0.15, 0.2) is 6.61 Å². The van der Waals surface area contributed by atoms with E-state index in [0.29, 0.717) is 17.0 Å². The highest BCUT2D eigenvalue weighted by atomic mass is 79.9. The molecule has 2 aromatic rings. The molecule has 0 saturated carbocycles. The number of halogens is 2. The number of benzene rings is 2. The molecule has 0 aliphatic carbocycles. The summed E-state index contributed by atoms with van der Waals surface area (Å²) in [5.41, 5.74) is 0.476. The van der Waals surface area contributed by atoms with Gasteiger partial charge in [-0.15, -0.1) is 0 Å². The van der Waals surface area contributed by atoms with Crippen LogP contribution in [0.4, 0.5) is 5.69 Å². The second kappa shape index (κ2) is 8.68. The van der Waals surface area contributed by atoms with Crippen molar-refractivity contribution in [1.82, 2.24) is 5.32 Å². The van der Waals surface area contributed by atoms with Gasteiger partial charge in [0, 0.05) is 10.0 Å². The Morgan fingerprint density at radius 2 is 1.77 bits per heavy atom. The third kappa shape index (κ3) is 6.14. The molecular formula is C19H20Br2N2O3. The number of ether oxygens (including phenoxy) is 1. The molecule has 0 radical (unpaired) electrons. The van der Waals surface area contributed by atoms with Crippen LogP contribution in [0.25, 0.3) is 0 Å². The van der Waals surface area contributed by atoms with Gasteiger partial charge in [-0.25, -0.2) is 0 Å². The zero-order chi connectivity index (χ0) is 19.3. The predicted octanol–water partition coefficient (Wildman–Crippen LogP) is 4.76. The molecule has 0 aliphatic heterocycles. The number of rotatable bonds is 5. The van der Waals surface area contributed by atoms with E-state index >= 15 is 0 Å². The number of carbonyl (C=O) groups is 2. The Kier molecular flexibility index (Phi) is 6.83. The van der Waals surface area contributed by atoms with Gasteiger partial charge in [-0.2, -0.15) is 0 Å². The maximum absolute atomic E-state index is 12.4. The highest BCUT2D eigenvalue weighted by Gasteiger charge is 2.18. The molecule has 26 heavy (non-hydrogen) atoms. The standard InChI is InChI=1S/C19H20Br2N2O3/c1-19(2,3)23-18(25)13-6-4-5-7-15(13)22-17(24)11-26-16-9-8-12(20)10-14(16)21/h4-10H,11H2,1-3H3,(H,22,24)(H,23,25). The van der Waals surface area contributed by atoms with Crippen molar-refractivity contribution in [2.24, 2.45) is 0 Å². The molecule has 138 valence electrons. The fourth-order valence-corrected chi connectivity index (χ4v) is 3.28. The summed E-state index contributed by atoms with van der Waals surface area (Å²) in [4.78, 5) is 24.6. The topological polar surface area (TPSA) is 67.4 Å². The molecule has 0 atom stereocenters. The Labute approximate surface area is 169 Å². The number of hydrogen-bond donors (Lipinski definition) is 2. The summed E-state index contributed by atoms with van der Waals surface area (Å²) in [5, 5.41) is 5.62. The van der Waals surface area contributed by atoms with E-state index in [2.05, 4.69) is 42.5 Å². The first-order valence-electron chi connectivity index (χ1n) is 7.95. The molecule has 2 amide bonds. The number of amides is 2. The summed E-state index contributed by atoms with van der Waals surface area (Å²) < 4.78 is 7.17. The van der Waals surface area contributed by atoms with E-state index < -0.39 is 0 Å². The van der Waals surface area contributed by atoms with Crippen LogP contribution in [0.5, 0.6) is 5.75 Å². The zero-order valence-corrected chi connectivity index (χ0v) is 17.9. The van der Waals surface area contributed by atoms with Crippen LogP contribution in [0.1, 0.15) is 31.1 Å². The molecule has 0 bridgehead atoms. The minimum Gasteiger partial charge on any atom is -0.483 e. The van der Waals surface area contributed by atoms with Crippen molar-refractivity contribution in [3.05, 3.63) is 57.0 Å². The Morgan fingerprint density at radius 1 is 1.08 bits per heavy atom. The molecule has 0 unspecified atom stereocenters. The molecule has 0 heterocycles. The largest absolute Gasteiger partial charge is 0.483 e. The lowest BCUT2D eigenvalue weighted by Gasteiger charge is -2.21. The van der Waals surface area contributed by atoms with Crippen LogP contribution in [0.3, 0.4) is 0 Å². The number of carbonyl (C=O) groups excluding carboxylic acids is 2. The Morgan fingerprint density at radius 3 is 2.42 bits per heavy atom. The van der Waals surface area contributed by atoms with Gasteiger partial charge in [0.25, 0.3) is 11.8 Å². The highest BCUT2D eigenvalue weighted by Crippen LogP contribution is 2.28. The smallest absolute Gasteiger partial charge is 0.262 e. The SMILES string of the molecule is CC(C)(C)NC(=O)c1ccccc1NC(=O)COc1ccc(Br)cc1Br. The van der Waals surface area contributed by atoms with E-state index in [1.54, 1.807) is 30.3 Å². The zero-order valence-electron chi connectivity index (χ0n) is 14.7. The van der Waals surface area contributed by atoms with E-state index in [1.807, 2.05) is 32.9 Å². The summed E-state index contributed by atoms with van der Waals surface area (Å²) >= 11 is 6.74. The van der Waals surface area contributed by atoms with Crippen LogP contribution in [0.15, 0.2) is 51.4 Å². The third-order valence-electron chi connectivity index (χ3n) is 3.19. The Hall–Kier alpha value is -1.86. The lowest BCUT2D eigenvalue weighted by atomic mass is 10.1. The fraction of sp³-hybridized carbons (Fsp3) is 0.263. The van der Waals surface area contributed by atoms with Crippen LogP contribution in [0, 0.1) is 0 Å². The van der Waals surface area contributed by atoms with Crippen molar-refractivity contribution in [3.8, 4) is 5.75 Å². The third-order valence-corrected chi connectivity index (χ3v) is 4.30. The van der Waals surface area contributed by atoms with Gasteiger partial charge in [-0.3, -0.25) is 9.59 Å². The Bertz CT molecular complexity index is 817. The van der Waals surface area contributed by atoms with Crippen LogP contribution >= 0.6 is 31.9 Å². The van der Waals surface area contributed by atoms with Gasteiger partial charge >= 0.3 is 0 Å². The molecule has 0 aromatic heterocycles. The van der Waals surface area contributed by atoms with Crippen molar-refractivity contribution in [2.45, 2.75) is 26.3 Å². The van der Waals surface area contributed by atoms with Crippen molar-refractivity contribution >= 4 is 49.4 Å². The molecule has 0 spiro atoms. The van der Waals surface area contributed by atoms with Gasteiger partial charge in [-0.05, 0) is 67.0 Å². The van der Waals surface area contributed by atoms with Crippen LogP contribution < -0.4 is 15.4 Å². The molecule has 7 heteroatoms. The van der Waals surface area contributed by atoms with Crippen LogP contribution in [-0.4, -0.2) is 24.0 Å². The lowest BCUT2D eigenvalue weighted by Crippen LogP contribution is -2.41. The highest BCUT2D eigenvalue weighted by molar-refractivity contribution is 9.11. The maximum Gasteiger partial charge on any atom is 0.262 e. The molecule has 2 aromatic carbocycles. The summed E-state index contributed by atoms with van der Waals surface area (Å²) in [6, 6.07) is 12.3. The van der Waals surface area contributed by atoms with Crippen molar-refractivity contribution < 1.29 is 14.3 Å². The van der Waals surface area contributed by atoms with E-state index in [4.69, 9.17) is 4.74 Å². The molecule has 0 saturated heterocycles. The van der Waals surface area contributed by atoms with Crippen molar-refractivity contribution in [2.75, 3.05) is 11.9 Å². The molecule has 2 N–H and O–H groups in total. The first-order chi connectivity index (χ1) is 12.2. The maximum atomic E-state index is 12.4. The lowest BCUT2D eigenvalue weighted by molar-refractivity contribution is -0.118. The van der Waals surface area contributed by atoms with E-state index in [1.165, 1.54) is 0 Å². The second-order valence-corrected chi connectivity index (χ2v) is 8.43. The fourth-order valence-electron chi connectivity index (χ4n) is 2.12. The van der Waals surface area contributed by atoms with Crippen molar-refractivity contribution in [1.29, 1.82) is 0 Å². The normalized spacial score (nSPS) is 11.0. The first kappa shape index (κ1) is 20.5. The molecule has 5 nitrogen and oxygen atoms in total. The van der Waals surface area contributed by atoms with Crippen LogP contribution in [-0.2, 0) is 4.79 Å². The number of anilines is 1. The number of nitrogens with one attached hydrogen (secondary N) is 2. The van der Waals surface area contributed by atoms with Gasteiger partial charge in [0.1, 0.15) is 5.75 Å². The summed E-state index contributed by atoms with van der Waals surface area (Å²) in [5.74, 6) is -0.0390. The van der Waals surface area contributed by atoms with Gasteiger partial charge in [0.05, 0.1) is 15.7 Å². The molecule has 0 aliphatic rings. The number of para-hydroxylation sites is 1. The monoisotopic (exact) mass is 482 g/mol. The average Bonchev–Trinajstić information content (AvgIpc) is 2.53. The van der Waals surface area contributed by atoms with E-state index in [9.17, 15) is 9.59 Å². The minimum absolute atomic E-state index is 0.171. The summed E-state index contributed by atoms with van der Waals surface area (Å²) in [7, 11) is 0. The molecular weight excluding hydrogens is 464 g/mol. The predicted molar refractivity (Wildman–Crippen MR) is 110 cm³/mol. The second-order valence-electron chi connectivity index (χ2n) is 6.66. The first-order valence-corrected chi connectivity index (χ1v) is 9.53. The van der Waals surface area contributed by atoms with Crippen molar-refractivity contribution in [3.63, 3.8) is 0 Å². The van der Waals surface area contributed by atoms with Gasteiger partial charge in [-0.1, -0.05) is 28.1 Å². The van der Waals surface area contributed by atoms with Gasteiger partial charge in [0.2, 0.25) is 0 Å². The quantitative estimate of drug-likeness (QED) is 0.644. The van der Waals surface area contributed by atoms with Crippen LogP contribution in [0.2, 0.25) is 0 Å². The van der Waals surface area contributed by atoms with E-state index in [0.717, 1.165) is 8.95 Å². The number of hydrogen-bond acceptors (Lipinski definition) is 3. The molecule has 0 fully saturated rings. The van der Waals surface area contributed by atoms with E-state index in [-0.39, 0.29) is 24.0 Å². The molecule has 2 rings (SSSR count). The summed E-state index contributed by atoms with van der Waals surface area (Å²) in [6.45, 7) is 5.53. The average molecular weight is 484 g/mol. The minimum atomic E-state index is -0.370. The Balaban J connectivity index is 2.04. The summed E-state index contributed by atoms with van der Waals surface area (Å²) in [6.07, 6.45) is 0. The van der Waals surface area contributed by atoms with Gasteiger partial charge < -0.3 is 15.4 Å².